The molecule has 0 saturated heterocycles. The maximum Gasteiger partial charge on any atom is 0.234 e. The normalized spacial score (nSPS) is 15.7. The summed E-state index contributed by atoms with van der Waals surface area (Å²) in [6.07, 6.45) is 2.24. The minimum atomic E-state index is 0.0475. The molecule has 1 rings (SSSR count). The van der Waals surface area contributed by atoms with Gasteiger partial charge in [-0.25, -0.2) is 0 Å². The third-order valence-electron chi connectivity index (χ3n) is 2.21. The molecule has 1 amide bonds. The fourth-order valence-corrected chi connectivity index (χ4v) is 1.21. The highest BCUT2D eigenvalue weighted by Crippen LogP contribution is 2.18. The molecule has 0 aromatic heterocycles. The first kappa shape index (κ1) is 12.4. The standard InChI is InChI=1S/C10H20N2O3/c1-12(4-6-15-7-5-13)8-10(14)11-9-2-3-9/h9,13H,2-8H2,1H3,(H,11,14). The SMILES string of the molecule is CN(CCOCCO)CC(=O)NC1CC1. The van der Waals surface area contributed by atoms with Crippen molar-refractivity contribution in [3.63, 3.8) is 0 Å². The van der Waals surface area contributed by atoms with Gasteiger partial charge in [0, 0.05) is 12.6 Å². The van der Waals surface area contributed by atoms with Crippen molar-refractivity contribution in [2.45, 2.75) is 18.9 Å². The van der Waals surface area contributed by atoms with Crippen molar-refractivity contribution in [2.75, 3.05) is 40.0 Å². The van der Waals surface area contributed by atoms with E-state index >= 15 is 0 Å². The van der Waals surface area contributed by atoms with Gasteiger partial charge in [-0.15, -0.1) is 0 Å². The highest BCUT2D eigenvalue weighted by molar-refractivity contribution is 5.78. The molecular formula is C10H20N2O3. The van der Waals surface area contributed by atoms with E-state index in [-0.39, 0.29) is 12.5 Å². The van der Waals surface area contributed by atoms with Crippen LogP contribution in [0.5, 0.6) is 0 Å². The number of hydrogen-bond acceptors (Lipinski definition) is 4. The lowest BCUT2D eigenvalue weighted by Crippen LogP contribution is -2.37. The summed E-state index contributed by atoms with van der Waals surface area (Å²) >= 11 is 0. The number of nitrogens with one attached hydrogen (secondary N) is 1. The average Bonchev–Trinajstić information content (AvgIpc) is 2.96. The van der Waals surface area contributed by atoms with E-state index in [0.29, 0.717) is 32.3 Å². The van der Waals surface area contributed by atoms with Gasteiger partial charge in [0.2, 0.25) is 5.91 Å². The van der Waals surface area contributed by atoms with Crippen LogP contribution in [-0.2, 0) is 9.53 Å². The molecule has 2 N–H and O–H groups in total. The zero-order chi connectivity index (χ0) is 11.1. The summed E-state index contributed by atoms with van der Waals surface area (Å²) in [7, 11) is 1.88. The topological polar surface area (TPSA) is 61.8 Å². The monoisotopic (exact) mass is 216 g/mol. The maximum absolute atomic E-state index is 11.4. The van der Waals surface area contributed by atoms with Crippen LogP contribution in [0.4, 0.5) is 0 Å². The fraction of sp³-hybridized carbons (Fsp3) is 0.900. The third-order valence-corrected chi connectivity index (χ3v) is 2.21. The number of rotatable bonds is 8. The van der Waals surface area contributed by atoms with Gasteiger partial charge in [0.15, 0.2) is 0 Å². The minimum absolute atomic E-state index is 0.0475. The van der Waals surface area contributed by atoms with Crippen LogP contribution in [0.15, 0.2) is 0 Å². The molecule has 0 aromatic rings. The van der Waals surface area contributed by atoms with E-state index < -0.39 is 0 Å². The Bertz CT molecular complexity index is 195. The lowest BCUT2D eigenvalue weighted by atomic mass is 10.5. The van der Waals surface area contributed by atoms with Crippen molar-refractivity contribution in [3.05, 3.63) is 0 Å². The van der Waals surface area contributed by atoms with Crippen molar-refractivity contribution >= 4 is 5.91 Å². The molecule has 1 fully saturated rings. The predicted octanol–water partition coefficient (Wildman–Crippen LogP) is -0.794. The Morgan fingerprint density at radius 2 is 2.27 bits per heavy atom. The highest BCUT2D eigenvalue weighted by atomic mass is 16.5. The van der Waals surface area contributed by atoms with E-state index in [1.807, 2.05) is 11.9 Å². The lowest BCUT2D eigenvalue weighted by molar-refractivity contribution is -0.122. The first-order valence-electron chi connectivity index (χ1n) is 5.39. The number of carbonyl (C=O) groups excluding carboxylic acids is 1. The van der Waals surface area contributed by atoms with Crippen LogP contribution in [0.1, 0.15) is 12.8 Å². The molecular weight excluding hydrogens is 196 g/mol. The van der Waals surface area contributed by atoms with E-state index in [9.17, 15) is 4.79 Å². The minimum Gasteiger partial charge on any atom is -0.394 e. The van der Waals surface area contributed by atoms with E-state index in [1.54, 1.807) is 0 Å². The van der Waals surface area contributed by atoms with Crippen molar-refractivity contribution in [1.29, 1.82) is 0 Å². The first-order valence-corrected chi connectivity index (χ1v) is 5.39. The van der Waals surface area contributed by atoms with Crippen LogP contribution in [0.2, 0.25) is 0 Å². The molecule has 1 saturated carbocycles. The second-order valence-electron chi connectivity index (χ2n) is 3.92. The molecule has 15 heavy (non-hydrogen) atoms. The number of hydrogen-bond donors (Lipinski definition) is 2. The molecule has 0 atom stereocenters. The molecule has 0 bridgehead atoms. The summed E-state index contributed by atoms with van der Waals surface area (Å²) in [5.41, 5.74) is 0. The highest BCUT2D eigenvalue weighted by Gasteiger charge is 2.23. The molecule has 5 heteroatoms. The molecule has 1 aliphatic rings. The summed E-state index contributed by atoms with van der Waals surface area (Å²) in [6.45, 7) is 2.08. The van der Waals surface area contributed by atoms with E-state index in [1.165, 1.54) is 0 Å². The second-order valence-corrected chi connectivity index (χ2v) is 3.92. The summed E-state index contributed by atoms with van der Waals surface area (Å²) in [6, 6.07) is 0.427. The number of nitrogens with zero attached hydrogens (tertiary/aromatic N) is 1. The van der Waals surface area contributed by atoms with Gasteiger partial charge in [-0.1, -0.05) is 0 Å². The lowest BCUT2D eigenvalue weighted by Gasteiger charge is -2.15. The molecule has 5 nitrogen and oxygen atoms in total. The van der Waals surface area contributed by atoms with Gasteiger partial charge < -0.3 is 15.2 Å². The molecule has 0 unspecified atom stereocenters. The molecule has 0 spiro atoms. The van der Waals surface area contributed by atoms with Crippen molar-refractivity contribution in [2.24, 2.45) is 0 Å². The molecule has 88 valence electrons. The quantitative estimate of drug-likeness (QED) is 0.522. The Balaban J connectivity index is 1.96. The van der Waals surface area contributed by atoms with Crippen LogP contribution in [0.25, 0.3) is 0 Å². The molecule has 0 radical (unpaired) electrons. The zero-order valence-corrected chi connectivity index (χ0v) is 9.24. The Morgan fingerprint density at radius 3 is 2.87 bits per heavy atom. The van der Waals surface area contributed by atoms with E-state index in [4.69, 9.17) is 9.84 Å². The fourth-order valence-electron chi connectivity index (χ4n) is 1.21. The van der Waals surface area contributed by atoms with Crippen LogP contribution in [-0.4, -0.2) is 61.9 Å². The third kappa shape index (κ3) is 6.43. The molecule has 0 aliphatic heterocycles. The molecule has 0 heterocycles. The number of aliphatic hydroxyl groups is 1. The average molecular weight is 216 g/mol. The summed E-state index contributed by atoms with van der Waals surface area (Å²) in [4.78, 5) is 13.3. The van der Waals surface area contributed by atoms with Crippen LogP contribution < -0.4 is 5.32 Å². The van der Waals surface area contributed by atoms with Gasteiger partial charge in [-0.2, -0.15) is 0 Å². The van der Waals surface area contributed by atoms with Crippen LogP contribution in [0, 0.1) is 0 Å². The molecule has 0 aromatic carbocycles. The van der Waals surface area contributed by atoms with Crippen LogP contribution >= 0.6 is 0 Å². The Morgan fingerprint density at radius 1 is 1.53 bits per heavy atom. The number of amides is 1. The van der Waals surface area contributed by atoms with E-state index in [2.05, 4.69) is 5.32 Å². The molecule has 1 aliphatic carbocycles. The Hall–Kier alpha value is -0.650. The van der Waals surface area contributed by atoms with Gasteiger partial charge in [0.05, 0.1) is 26.4 Å². The van der Waals surface area contributed by atoms with E-state index in [0.717, 1.165) is 12.8 Å². The summed E-state index contributed by atoms with van der Waals surface area (Å²) < 4.78 is 5.11. The van der Waals surface area contributed by atoms with Crippen molar-refractivity contribution in [1.82, 2.24) is 10.2 Å². The second kappa shape index (κ2) is 6.76. The van der Waals surface area contributed by atoms with Gasteiger partial charge in [0.1, 0.15) is 0 Å². The number of likely N-dealkylation sites (N-methyl/N-ethyl adjacent to an activating group) is 1. The zero-order valence-electron chi connectivity index (χ0n) is 9.24. The largest absolute Gasteiger partial charge is 0.394 e. The predicted molar refractivity (Wildman–Crippen MR) is 56.6 cm³/mol. The Labute approximate surface area is 90.4 Å². The van der Waals surface area contributed by atoms with Gasteiger partial charge >= 0.3 is 0 Å². The van der Waals surface area contributed by atoms with Gasteiger partial charge in [-0.3, -0.25) is 9.69 Å². The Kier molecular flexibility index (Phi) is 5.60. The van der Waals surface area contributed by atoms with Crippen molar-refractivity contribution in [3.8, 4) is 0 Å². The van der Waals surface area contributed by atoms with Gasteiger partial charge in [0.25, 0.3) is 0 Å². The number of ether oxygens (including phenoxy) is 1. The first-order chi connectivity index (χ1) is 7.22. The van der Waals surface area contributed by atoms with Crippen LogP contribution in [0.3, 0.4) is 0 Å². The summed E-state index contributed by atoms with van der Waals surface area (Å²) in [5.74, 6) is 0.0853. The van der Waals surface area contributed by atoms with Gasteiger partial charge in [-0.05, 0) is 19.9 Å². The maximum atomic E-state index is 11.4. The smallest absolute Gasteiger partial charge is 0.234 e. The summed E-state index contributed by atoms with van der Waals surface area (Å²) in [5, 5.41) is 11.4. The number of carbonyl (C=O) groups is 1. The number of aliphatic hydroxyl groups excluding tert-OH is 1. The van der Waals surface area contributed by atoms with Crippen molar-refractivity contribution < 1.29 is 14.6 Å².